The van der Waals surface area contributed by atoms with Crippen molar-refractivity contribution in [3.8, 4) is 0 Å². The Bertz CT molecular complexity index is 464. The maximum atomic E-state index is 11.8. The molecule has 0 aliphatic heterocycles. The van der Waals surface area contributed by atoms with Crippen molar-refractivity contribution in [3.63, 3.8) is 0 Å². The Balaban J connectivity index is 4.86. The Kier molecular flexibility index (Phi) is 8.15. The van der Waals surface area contributed by atoms with Crippen LogP contribution in [0.5, 0.6) is 0 Å². The first-order chi connectivity index (χ1) is 10.2. The molecule has 7 N–H and O–H groups in total. The number of hydrogen-bond donors (Lipinski definition) is 6. The number of nitrogens with two attached hydrogens (primary N) is 1. The Morgan fingerprint density at radius 2 is 1.50 bits per heavy atom. The van der Waals surface area contributed by atoms with Crippen LogP contribution < -0.4 is 16.4 Å². The van der Waals surface area contributed by atoms with E-state index in [4.69, 9.17) is 21.1 Å². The SMILES string of the molecule is NCC(=O)NC(CC(=O)O)C(=O)NC(CCC(=O)O)C(=O)O. The standard InChI is InChI=1S/C11H17N3O8/c12-4-7(15)13-6(3-9(18)19)10(20)14-5(11(21)22)1-2-8(16)17/h5-6H,1-4,12H2,(H,13,15)(H,14,20)(H,16,17)(H,18,19)(H,21,22). The van der Waals surface area contributed by atoms with Gasteiger partial charge < -0.3 is 31.7 Å². The molecular weight excluding hydrogens is 302 g/mol. The number of carbonyl (C=O) groups excluding carboxylic acids is 2. The minimum absolute atomic E-state index is 0.388. The average molecular weight is 319 g/mol. The molecule has 0 aromatic rings. The summed E-state index contributed by atoms with van der Waals surface area (Å²) < 4.78 is 0. The van der Waals surface area contributed by atoms with Gasteiger partial charge in [-0.2, -0.15) is 0 Å². The highest BCUT2D eigenvalue weighted by Crippen LogP contribution is 2.01. The third-order valence-electron chi connectivity index (χ3n) is 2.48. The molecule has 0 fully saturated rings. The van der Waals surface area contributed by atoms with Crippen molar-refractivity contribution < 1.29 is 39.3 Å². The minimum Gasteiger partial charge on any atom is -0.481 e. The smallest absolute Gasteiger partial charge is 0.326 e. The zero-order valence-electron chi connectivity index (χ0n) is 11.4. The molecule has 0 heterocycles. The van der Waals surface area contributed by atoms with Gasteiger partial charge in [0.05, 0.1) is 13.0 Å². The van der Waals surface area contributed by atoms with Gasteiger partial charge in [0.1, 0.15) is 12.1 Å². The first-order valence-electron chi connectivity index (χ1n) is 6.13. The van der Waals surface area contributed by atoms with Crippen LogP contribution in [0, 0.1) is 0 Å². The average Bonchev–Trinajstić information content (AvgIpc) is 2.41. The highest BCUT2D eigenvalue weighted by atomic mass is 16.4. The summed E-state index contributed by atoms with van der Waals surface area (Å²) in [6.07, 6.45) is -1.67. The molecule has 0 bridgehead atoms. The van der Waals surface area contributed by atoms with Gasteiger partial charge >= 0.3 is 17.9 Å². The summed E-state index contributed by atoms with van der Waals surface area (Å²) >= 11 is 0. The summed E-state index contributed by atoms with van der Waals surface area (Å²) in [6, 6.07) is -3.03. The van der Waals surface area contributed by atoms with Crippen LogP contribution in [0.25, 0.3) is 0 Å². The van der Waals surface area contributed by atoms with Gasteiger partial charge in [-0.15, -0.1) is 0 Å². The van der Waals surface area contributed by atoms with Crippen LogP contribution in [0.3, 0.4) is 0 Å². The topological polar surface area (TPSA) is 196 Å². The predicted octanol–water partition coefficient (Wildman–Crippen LogP) is -2.66. The van der Waals surface area contributed by atoms with Crippen LogP contribution >= 0.6 is 0 Å². The lowest BCUT2D eigenvalue weighted by Crippen LogP contribution is -2.53. The molecule has 0 aliphatic carbocycles. The third kappa shape index (κ3) is 7.79. The lowest BCUT2D eigenvalue weighted by molar-refractivity contribution is -0.144. The molecule has 2 atom stereocenters. The van der Waals surface area contributed by atoms with Crippen LogP contribution in [-0.2, 0) is 24.0 Å². The van der Waals surface area contributed by atoms with Crippen LogP contribution in [0.2, 0.25) is 0 Å². The highest BCUT2D eigenvalue weighted by molar-refractivity contribution is 5.93. The van der Waals surface area contributed by atoms with Gasteiger partial charge in [0.15, 0.2) is 0 Å². The maximum absolute atomic E-state index is 11.8. The number of amides is 2. The van der Waals surface area contributed by atoms with Crippen molar-refractivity contribution in [2.45, 2.75) is 31.3 Å². The normalized spacial score (nSPS) is 12.8. The minimum atomic E-state index is -1.52. The van der Waals surface area contributed by atoms with E-state index in [1.165, 1.54) is 0 Å². The van der Waals surface area contributed by atoms with Gasteiger partial charge in [-0.25, -0.2) is 4.79 Å². The fourth-order valence-electron chi connectivity index (χ4n) is 1.43. The molecule has 0 aromatic carbocycles. The van der Waals surface area contributed by atoms with Gasteiger partial charge in [0.25, 0.3) is 0 Å². The number of nitrogens with one attached hydrogen (secondary N) is 2. The molecule has 2 amide bonds. The molecule has 2 unspecified atom stereocenters. The summed E-state index contributed by atoms with van der Waals surface area (Å²) in [6.45, 7) is -0.481. The third-order valence-corrected chi connectivity index (χ3v) is 2.48. The molecule has 124 valence electrons. The lowest BCUT2D eigenvalue weighted by atomic mass is 10.1. The van der Waals surface area contributed by atoms with E-state index < -0.39 is 61.2 Å². The van der Waals surface area contributed by atoms with Crippen molar-refractivity contribution in [3.05, 3.63) is 0 Å². The molecule has 0 aliphatic rings. The van der Waals surface area contributed by atoms with Gasteiger partial charge in [-0.3, -0.25) is 19.2 Å². The van der Waals surface area contributed by atoms with Crippen molar-refractivity contribution >= 4 is 29.7 Å². The second-order valence-electron chi connectivity index (χ2n) is 4.25. The zero-order valence-corrected chi connectivity index (χ0v) is 11.4. The summed E-state index contributed by atoms with van der Waals surface area (Å²) in [7, 11) is 0. The first kappa shape index (κ1) is 19.3. The van der Waals surface area contributed by atoms with E-state index in [1.54, 1.807) is 0 Å². The van der Waals surface area contributed by atoms with E-state index in [0.717, 1.165) is 0 Å². The number of rotatable bonds is 10. The van der Waals surface area contributed by atoms with Crippen LogP contribution in [0.15, 0.2) is 0 Å². The van der Waals surface area contributed by atoms with Gasteiger partial charge in [0.2, 0.25) is 11.8 Å². The number of hydrogen-bond acceptors (Lipinski definition) is 6. The zero-order chi connectivity index (χ0) is 17.3. The summed E-state index contributed by atoms with van der Waals surface area (Å²) in [5.74, 6) is -5.97. The second kappa shape index (κ2) is 9.28. The van der Waals surface area contributed by atoms with Crippen molar-refractivity contribution in [2.24, 2.45) is 5.73 Å². The summed E-state index contributed by atoms with van der Waals surface area (Å²) in [5.41, 5.74) is 5.03. The maximum Gasteiger partial charge on any atom is 0.326 e. The molecule has 0 saturated heterocycles. The molecule has 0 radical (unpaired) electrons. The number of carboxylic acids is 3. The lowest BCUT2D eigenvalue weighted by Gasteiger charge is -2.19. The van der Waals surface area contributed by atoms with Gasteiger partial charge in [-0.1, -0.05) is 0 Å². The van der Waals surface area contributed by atoms with E-state index in [0.29, 0.717) is 0 Å². The Hall–Kier alpha value is -2.69. The molecule has 0 spiro atoms. The van der Waals surface area contributed by atoms with Crippen molar-refractivity contribution in [1.29, 1.82) is 0 Å². The van der Waals surface area contributed by atoms with Crippen LogP contribution in [-0.4, -0.2) is 63.7 Å². The predicted molar refractivity (Wildman–Crippen MR) is 69.7 cm³/mol. The molecule has 0 aromatic heterocycles. The summed E-state index contributed by atoms with van der Waals surface area (Å²) in [5, 5.41) is 30.1. The largest absolute Gasteiger partial charge is 0.481 e. The van der Waals surface area contributed by atoms with Crippen molar-refractivity contribution in [2.75, 3.05) is 6.54 Å². The second-order valence-corrected chi connectivity index (χ2v) is 4.25. The summed E-state index contributed by atoms with van der Waals surface area (Å²) in [4.78, 5) is 55.0. The van der Waals surface area contributed by atoms with Crippen LogP contribution in [0.1, 0.15) is 19.3 Å². The molecule has 0 saturated carbocycles. The van der Waals surface area contributed by atoms with Crippen LogP contribution in [0.4, 0.5) is 0 Å². The Morgan fingerprint density at radius 1 is 0.909 bits per heavy atom. The Morgan fingerprint density at radius 3 is 1.91 bits per heavy atom. The van der Waals surface area contributed by atoms with Gasteiger partial charge in [-0.05, 0) is 6.42 Å². The fourth-order valence-corrected chi connectivity index (χ4v) is 1.43. The molecular formula is C11H17N3O8. The van der Waals surface area contributed by atoms with E-state index in [-0.39, 0.29) is 6.42 Å². The number of carboxylic acid groups (broad SMARTS) is 3. The fraction of sp³-hybridized carbons (Fsp3) is 0.545. The van der Waals surface area contributed by atoms with E-state index in [9.17, 15) is 24.0 Å². The Labute approximate surface area is 124 Å². The highest BCUT2D eigenvalue weighted by Gasteiger charge is 2.28. The van der Waals surface area contributed by atoms with Crippen molar-refractivity contribution in [1.82, 2.24) is 10.6 Å². The molecule has 11 nitrogen and oxygen atoms in total. The number of carbonyl (C=O) groups is 5. The quantitative estimate of drug-likeness (QED) is 0.249. The van der Waals surface area contributed by atoms with E-state index in [1.807, 2.05) is 10.6 Å². The molecule has 0 rings (SSSR count). The monoisotopic (exact) mass is 319 g/mol. The first-order valence-corrected chi connectivity index (χ1v) is 6.13. The van der Waals surface area contributed by atoms with E-state index >= 15 is 0 Å². The molecule has 11 heteroatoms. The van der Waals surface area contributed by atoms with Gasteiger partial charge in [0, 0.05) is 6.42 Å². The van der Waals surface area contributed by atoms with E-state index in [2.05, 4.69) is 0 Å². The molecule has 22 heavy (non-hydrogen) atoms. The number of aliphatic carboxylic acids is 3.